The number of anilines is 1. The van der Waals surface area contributed by atoms with Gasteiger partial charge in [-0.2, -0.15) is 5.10 Å². The zero-order valence-electron chi connectivity index (χ0n) is 18.3. The number of fused-ring (bicyclic) bond motifs is 1. The quantitative estimate of drug-likeness (QED) is 0.513. The lowest BCUT2D eigenvalue weighted by molar-refractivity contribution is 0.0698. The summed E-state index contributed by atoms with van der Waals surface area (Å²) in [6.45, 7) is 2.87. The van der Waals surface area contributed by atoms with Gasteiger partial charge in [-0.15, -0.1) is 11.3 Å². The van der Waals surface area contributed by atoms with Crippen LogP contribution in [0.25, 0.3) is 16.2 Å². The maximum atomic E-state index is 13.4. The summed E-state index contributed by atoms with van der Waals surface area (Å²) >= 11 is 1.55. The summed E-state index contributed by atoms with van der Waals surface area (Å²) in [5.74, 6) is 0.974. The molecule has 33 heavy (non-hydrogen) atoms. The molecule has 0 aromatic carbocycles. The molecular formula is C21H26N8O3S. The van der Waals surface area contributed by atoms with Crippen molar-refractivity contribution in [3.05, 3.63) is 29.5 Å². The van der Waals surface area contributed by atoms with Gasteiger partial charge in [0.1, 0.15) is 16.3 Å². The Hall–Kier alpha value is -3.25. The molecule has 0 saturated carbocycles. The SMILES string of the molecule is COC(=O)NC1CCN(C(=O)c2cc(N[C@@H]3CCNC3)nc(-c3cnn4ccsc34)n2)CC1. The highest BCUT2D eigenvalue weighted by atomic mass is 32.1. The van der Waals surface area contributed by atoms with E-state index >= 15 is 0 Å². The van der Waals surface area contributed by atoms with Gasteiger partial charge in [0.2, 0.25) is 0 Å². The molecule has 1 atom stereocenters. The molecule has 174 valence electrons. The van der Waals surface area contributed by atoms with Gasteiger partial charge in [-0.1, -0.05) is 0 Å². The lowest BCUT2D eigenvalue weighted by atomic mass is 10.0. The van der Waals surface area contributed by atoms with Gasteiger partial charge in [0, 0.05) is 49.4 Å². The van der Waals surface area contributed by atoms with Gasteiger partial charge in [-0.05, 0) is 25.8 Å². The minimum atomic E-state index is -0.446. The molecule has 3 N–H and O–H groups in total. The molecule has 5 rings (SSSR count). The predicted octanol–water partition coefficient (Wildman–Crippen LogP) is 1.59. The van der Waals surface area contributed by atoms with E-state index < -0.39 is 6.09 Å². The number of likely N-dealkylation sites (tertiary alicyclic amines) is 1. The summed E-state index contributed by atoms with van der Waals surface area (Å²) in [6, 6.07) is 1.98. The fourth-order valence-corrected chi connectivity index (χ4v) is 5.03. The highest BCUT2D eigenvalue weighted by molar-refractivity contribution is 7.16. The largest absolute Gasteiger partial charge is 0.453 e. The van der Waals surface area contributed by atoms with Gasteiger partial charge in [0.25, 0.3) is 5.91 Å². The minimum absolute atomic E-state index is 0.00548. The summed E-state index contributed by atoms with van der Waals surface area (Å²) < 4.78 is 6.46. The van der Waals surface area contributed by atoms with Crippen LogP contribution in [0.3, 0.4) is 0 Å². The van der Waals surface area contributed by atoms with E-state index in [1.807, 2.05) is 11.6 Å². The lowest BCUT2D eigenvalue weighted by Gasteiger charge is -2.32. The van der Waals surface area contributed by atoms with Crippen molar-refractivity contribution in [2.75, 3.05) is 38.6 Å². The molecule has 0 radical (unpaired) electrons. The zero-order valence-corrected chi connectivity index (χ0v) is 19.1. The molecule has 2 saturated heterocycles. The maximum absolute atomic E-state index is 13.4. The molecular weight excluding hydrogens is 444 g/mol. The van der Waals surface area contributed by atoms with Crippen LogP contribution in [0.4, 0.5) is 10.6 Å². The monoisotopic (exact) mass is 470 g/mol. The molecule has 2 amide bonds. The van der Waals surface area contributed by atoms with E-state index in [-0.39, 0.29) is 18.0 Å². The summed E-state index contributed by atoms with van der Waals surface area (Å²) in [4.78, 5) is 36.9. The van der Waals surface area contributed by atoms with Crippen LogP contribution < -0.4 is 16.0 Å². The number of methoxy groups -OCH3 is 1. The first-order valence-electron chi connectivity index (χ1n) is 11.0. The van der Waals surface area contributed by atoms with Gasteiger partial charge in [-0.3, -0.25) is 4.79 Å². The highest BCUT2D eigenvalue weighted by Crippen LogP contribution is 2.27. The van der Waals surface area contributed by atoms with Crippen molar-refractivity contribution < 1.29 is 14.3 Å². The number of carbonyl (C=O) groups excluding carboxylic acids is 2. The topological polar surface area (TPSA) is 126 Å². The number of amides is 2. The average Bonchev–Trinajstić information content (AvgIpc) is 3.58. The van der Waals surface area contributed by atoms with Crippen molar-refractivity contribution in [2.24, 2.45) is 0 Å². The van der Waals surface area contributed by atoms with Crippen LogP contribution in [-0.4, -0.2) is 81.9 Å². The van der Waals surface area contributed by atoms with E-state index in [0.717, 1.165) is 29.9 Å². The molecule has 0 bridgehead atoms. The second-order valence-corrected chi connectivity index (χ2v) is 9.10. The van der Waals surface area contributed by atoms with E-state index in [2.05, 4.69) is 30.8 Å². The number of hydrogen-bond donors (Lipinski definition) is 3. The number of nitrogens with one attached hydrogen (secondary N) is 3. The molecule has 2 aliphatic heterocycles. The summed E-state index contributed by atoms with van der Waals surface area (Å²) in [5, 5.41) is 15.9. The standard InChI is InChI=1S/C21H26N8O3S/c1-32-21(31)25-13-3-6-28(7-4-13)19(30)16-10-17(24-14-2-5-22-11-14)27-18(26-16)15-12-23-29-8-9-33-20(15)29/h8-10,12-14,22H,2-7,11H2,1H3,(H,25,31)(H,24,26,27)/t14-/m1/s1. The fourth-order valence-electron chi connectivity index (χ4n) is 4.23. The first-order chi connectivity index (χ1) is 16.1. The molecule has 0 spiro atoms. The third kappa shape index (κ3) is 4.62. The number of alkyl carbamates (subject to hydrolysis) is 1. The maximum Gasteiger partial charge on any atom is 0.407 e. The molecule has 3 aromatic heterocycles. The Balaban J connectivity index is 1.39. The normalized spacial score (nSPS) is 19.1. The fraction of sp³-hybridized carbons (Fsp3) is 0.476. The van der Waals surface area contributed by atoms with Crippen LogP contribution in [-0.2, 0) is 4.74 Å². The van der Waals surface area contributed by atoms with Crippen molar-refractivity contribution in [2.45, 2.75) is 31.3 Å². The van der Waals surface area contributed by atoms with Gasteiger partial charge in [0.15, 0.2) is 5.82 Å². The zero-order chi connectivity index (χ0) is 22.8. The van der Waals surface area contributed by atoms with Crippen LogP contribution in [0.2, 0.25) is 0 Å². The Morgan fingerprint density at radius 3 is 2.82 bits per heavy atom. The number of rotatable bonds is 5. The number of ether oxygens (including phenoxy) is 1. The third-order valence-corrected chi connectivity index (χ3v) is 6.91. The minimum Gasteiger partial charge on any atom is -0.453 e. The van der Waals surface area contributed by atoms with Gasteiger partial charge in [0.05, 0.1) is 18.9 Å². The summed E-state index contributed by atoms with van der Waals surface area (Å²) in [7, 11) is 1.35. The Morgan fingerprint density at radius 2 is 2.06 bits per heavy atom. The summed E-state index contributed by atoms with van der Waals surface area (Å²) in [6.07, 6.45) is 5.49. The molecule has 0 unspecified atom stereocenters. The van der Waals surface area contributed by atoms with Gasteiger partial charge < -0.3 is 25.6 Å². The number of carbonyl (C=O) groups is 2. The van der Waals surface area contributed by atoms with Crippen molar-refractivity contribution in [1.82, 2.24) is 35.1 Å². The van der Waals surface area contributed by atoms with Crippen molar-refractivity contribution in [1.29, 1.82) is 0 Å². The second kappa shape index (κ2) is 9.32. The number of thiazole rings is 1. The average molecular weight is 471 g/mol. The van der Waals surface area contributed by atoms with E-state index in [1.54, 1.807) is 33.0 Å². The van der Waals surface area contributed by atoms with E-state index in [9.17, 15) is 9.59 Å². The number of piperidine rings is 1. The van der Waals surface area contributed by atoms with Gasteiger partial charge >= 0.3 is 6.09 Å². The van der Waals surface area contributed by atoms with Crippen LogP contribution in [0.15, 0.2) is 23.8 Å². The molecule has 0 aliphatic carbocycles. The Bertz CT molecular complexity index is 1150. The Labute approximate surface area is 194 Å². The Kier molecular flexibility index (Phi) is 6.09. The van der Waals surface area contributed by atoms with Crippen molar-refractivity contribution in [3.8, 4) is 11.4 Å². The van der Waals surface area contributed by atoms with Crippen LogP contribution >= 0.6 is 11.3 Å². The molecule has 11 nitrogen and oxygen atoms in total. The van der Waals surface area contributed by atoms with Crippen LogP contribution in [0.5, 0.6) is 0 Å². The Morgan fingerprint density at radius 1 is 1.21 bits per heavy atom. The van der Waals surface area contributed by atoms with Crippen molar-refractivity contribution in [3.63, 3.8) is 0 Å². The summed E-state index contributed by atoms with van der Waals surface area (Å²) in [5.41, 5.74) is 1.15. The van der Waals surface area contributed by atoms with E-state index in [1.165, 1.54) is 7.11 Å². The third-order valence-electron chi connectivity index (χ3n) is 6.02. The lowest BCUT2D eigenvalue weighted by Crippen LogP contribution is -2.46. The number of nitrogens with zero attached hydrogens (tertiary/aromatic N) is 5. The molecule has 12 heteroatoms. The van der Waals surface area contributed by atoms with Crippen LogP contribution in [0, 0.1) is 0 Å². The van der Waals surface area contributed by atoms with Crippen molar-refractivity contribution >= 4 is 34.0 Å². The van der Waals surface area contributed by atoms with Gasteiger partial charge in [-0.25, -0.2) is 19.3 Å². The molecule has 2 fully saturated rings. The number of hydrogen-bond acceptors (Lipinski definition) is 9. The predicted molar refractivity (Wildman–Crippen MR) is 123 cm³/mol. The highest BCUT2D eigenvalue weighted by Gasteiger charge is 2.27. The molecule has 2 aliphatic rings. The number of aromatic nitrogens is 4. The van der Waals surface area contributed by atoms with E-state index in [4.69, 9.17) is 4.98 Å². The molecule has 5 heterocycles. The smallest absolute Gasteiger partial charge is 0.407 e. The first kappa shape index (κ1) is 21.6. The van der Waals surface area contributed by atoms with Crippen LogP contribution in [0.1, 0.15) is 29.8 Å². The second-order valence-electron chi connectivity index (χ2n) is 8.21. The molecule has 3 aromatic rings. The van der Waals surface area contributed by atoms with E-state index in [0.29, 0.717) is 43.3 Å². The first-order valence-corrected chi connectivity index (χ1v) is 11.9.